The Morgan fingerprint density at radius 3 is 2.58 bits per heavy atom. The summed E-state index contributed by atoms with van der Waals surface area (Å²) >= 11 is 11.0. The minimum atomic E-state index is -0.448. The summed E-state index contributed by atoms with van der Waals surface area (Å²) in [5, 5.41) is 13.0. The zero-order valence-electron chi connectivity index (χ0n) is 12.4. The lowest BCUT2D eigenvalue weighted by molar-refractivity contribution is -0.110. The average Bonchev–Trinajstić information content (AvgIpc) is 3.04. The molecule has 3 N–H and O–H groups in total. The van der Waals surface area contributed by atoms with E-state index in [1.807, 2.05) is 30.3 Å². The lowest BCUT2D eigenvalue weighted by atomic mass is 10.2. The molecular weight excluding hydrogens is 344 g/mol. The molecular formula is C17H13ClN4OS. The van der Waals surface area contributed by atoms with Gasteiger partial charge in [0.2, 0.25) is 0 Å². The summed E-state index contributed by atoms with van der Waals surface area (Å²) in [5.41, 5.74) is 2.43. The largest absolute Gasteiger partial charge is 0.342 e. The summed E-state index contributed by atoms with van der Waals surface area (Å²) in [7, 11) is 0. The molecule has 0 saturated carbocycles. The Morgan fingerprint density at radius 1 is 1.04 bits per heavy atom. The van der Waals surface area contributed by atoms with E-state index >= 15 is 0 Å². The number of carbonyl (C=O) groups excluding carboxylic acids is 1. The van der Waals surface area contributed by atoms with Crippen LogP contribution >= 0.6 is 23.8 Å². The van der Waals surface area contributed by atoms with Gasteiger partial charge in [-0.15, -0.1) is 0 Å². The van der Waals surface area contributed by atoms with Gasteiger partial charge in [0, 0.05) is 16.8 Å². The smallest absolute Gasteiger partial charge is 0.284 e. The second-order valence-corrected chi connectivity index (χ2v) is 5.80. The number of benzene rings is 2. The quantitative estimate of drug-likeness (QED) is 0.618. The van der Waals surface area contributed by atoms with E-state index in [1.54, 1.807) is 30.3 Å². The topological polar surface area (TPSA) is 69.8 Å². The molecule has 120 valence electrons. The monoisotopic (exact) mass is 356 g/mol. The summed E-state index contributed by atoms with van der Waals surface area (Å²) in [6.45, 7) is 0. The van der Waals surface area contributed by atoms with E-state index in [-0.39, 0.29) is 4.99 Å². The first-order chi connectivity index (χ1) is 11.6. The van der Waals surface area contributed by atoms with Gasteiger partial charge in [0.05, 0.1) is 5.69 Å². The summed E-state index contributed by atoms with van der Waals surface area (Å²) in [6, 6.07) is 18.4. The highest BCUT2D eigenvalue weighted by Crippen LogP contribution is 2.19. The standard InChI is InChI=1S/C17H13ClN4OS/c18-12-7-4-8-13(9-12)19-17(24)16(23)20-15-10-14(21-22-15)11-5-2-1-3-6-11/h1-10H,(H,19,24)(H2,20,21,22,23). The van der Waals surface area contributed by atoms with Gasteiger partial charge in [-0.05, 0) is 23.8 Å². The van der Waals surface area contributed by atoms with Crippen LogP contribution in [0.5, 0.6) is 0 Å². The fourth-order valence-corrected chi connectivity index (χ4v) is 2.44. The van der Waals surface area contributed by atoms with Crippen LogP contribution in [0.3, 0.4) is 0 Å². The Morgan fingerprint density at radius 2 is 1.83 bits per heavy atom. The minimum Gasteiger partial charge on any atom is -0.342 e. The Kier molecular flexibility index (Phi) is 4.88. The van der Waals surface area contributed by atoms with Crippen molar-refractivity contribution in [1.82, 2.24) is 10.2 Å². The number of aromatic amines is 1. The fourth-order valence-electron chi connectivity index (χ4n) is 2.08. The number of anilines is 2. The van der Waals surface area contributed by atoms with Crippen LogP contribution in [0.25, 0.3) is 11.3 Å². The number of hydrogen-bond donors (Lipinski definition) is 3. The summed E-state index contributed by atoms with van der Waals surface area (Å²) in [5.74, 6) is -0.0508. The Bertz CT molecular complexity index is 879. The zero-order chi connectivity index (χ0) is 16.9. The normalized spacial score (nSPS) is 10.2. The number of carbonyl (C=O) groups is 1. The first kappa shape index (κ1) is 16.2. The number of hydrogen-bond acceptors (Lipinski definition) is 3. The van der Waals surface area contributed by atoms with Crippen LogP contribution in [0.2, 0.25) is 5.02 Å². The highest BCUT2D eigenvalue weighted by atomic mass is 35.5. The molecule has 1 aromatic heterocycles. The van der Waals surface area contributed by atoms with E-state index in [2.05, 4.69) is 20.8 Å². The van der Waals surface area contributed by atoms with Gasteiger partial charge in [-0.25, -0.2) is 0 Å². The molecule has 7 heteroatoms. The molecule has 0 bridgehead atoms. The number of rotatable bonds is 3. The van der Waals surface area contributed by atoms with E-state index < -0.39 is 5.91 Å². The molecule has 1 amide bonds. The molecule has 0 unspecified atom stereocenters. The van der Waals surface area contributed by atoms with E-state index in [1.165, 1.54) is 0 Å². The molecule has 5 nitrogen and oxygen atoms in total. The molecule has 0 aliphatic rings. The molecule has 3 rings (SSSR count). The highest BCUT2D eigenvalue weighted by molar-refractivity contribution is 7.82. The summed E-state index contributed by atoms with van der Waals surface area (Å²) in [4.78, 5) is 12.2. The number of H-pyrrole nitrogens is 1. The van der Waals surface area contributed by atoms with E-state index in [9.17, 15) is 4.79 Å². The van der Waals surface area contributed by atoms with Gasteiger partial charge in [-0.2, -0.15) is 5.10 Å². The van der Waals surface area contributed by atoms with Crippen molar-refractivity contribution < 1.29 is 4.79 Å². The molecule has 1 heterocycles. The lowest BCUT2D eigenvalue weighted by Gasteiger charge is -2.07. The Labute approximate surface area is 149 Å². The van der Waals surface area contributed by atoms with Gasteiger partial charge in [-0.1, -0.05) is 60.2 Å². The van der Waals surface area contributed by atoms with Crippen molar-refractivity contribution in [3.8, 4) is 11.3 Å². The van der Waals surface area contributed by atoms with Crippen LogP contribution in [-0.2, 0) is 4.79 Å². The van der Waals surface area contributed by atoms with Crippen molar-refractivity contribution in [2.24, 2.45) is 0 Å². The number of aromatic nitrogens is 2. The van der Waals surface area contributed by atoms with Crippen molar-refractivity contribution >= 4 is 46.2 Å². The van der Waals surface area contributed by atoms with E-state index in [0.29, 0.717) is 16.5 Å². The van der Waals surface area contributed by atoms with Crippen molar-refractivity contribution in [3.63, 3.8) is 0 Å². The van der Waals surface area contributed by atoms with Gasteiger partial charge in [-0.3, -0.25) is 9.89 Å². The molecule has 2 aromatic carbocycles. The second kappa shape index (κ2) is 7.25. The number of halogens is 1. The minimum absolute atomic E-state index is 0.0292. The second-order valence-electron chi connectivity index (χ2n) is 4.95. The number of amides is 1. The third kappa shape index (κ3) is 3.98. The van der Waals surface area contributed by atoms with Gasteiger partial charge in [0.15, 0.2) is 10.8 Å². The fraction of sp³-hybridized carbons (Fsp3) is 0. The summed E-state index contributed by atoms with van der Waals surface area (Å²) < 4.78 is 0. The van der Waals surface area contributed by atoms with Gasteiger partial charge in [0.25, 0.3) is 5.91 Å². The van der Waals surface area contributed by atoms with Gasteiger partial charge in [0.1, 0.15) is 0 Å². The maximum Gasteiger partial charge on any atom is 0.284 e. The molecule has 24 heavy (non-hydrogen) atoms. The lowest BCUT2D eigenvalue weighted by Crippen LogP contribution is -2.27. The molecule has 0 aliphatic heterocycles. The van der Waals surface area contributed by atoms with Crippen LogP contribution in [0.1, 0.15) is 0 Å². The van der Waals surface area contributed by atoms with Crippen molar-refractivity contribution in [2.45, 2.75) is 0 Å². The molecule has 0 radical (unpaired) electrons. The van der Waals surface area contributed by atoms with Gasteiger partial charge < -0.3 is 10.6 Å². The molecule has 0 fully saturated rings. The molecule has 0 atom stereocenters. The van der Waals surface area contributed by atoms with Crippen LogP contribution in [0, 0.1) is 0 Å². The van der Waals surface area contributed by atoms with Crippen LogP contribution in [0.4, 0.5) is 11.5 Å². The number of thiocarbonyl (C=S) groups is 1. The maximum atomic E-state index is 12.1. The predicted molar refractivity (Wildman–Crippen MR) is 100 cm³/mol. The van der Waals surface area contributed by atoms with Crippen LogP contribution in [0.15, 0.2) is 60.7 Å². The number of nitrogens with zero attached hydrogens (tertiary/aromatic N) is 1. The van der Waals surface area contributed by atoms with Gasteiger partial charge >= 0.3 is 0 Å². The molecule has 0 aliphatic carbocycles. The Balaban J connectivity index is 1.64. The Hall–Kier alpha value is -2.70. The first-order valence-corrected chi connectivity index (χ1v) is 7.89. The highest BCUT2D eigenvalue weighted by Gasteiger charge is 2.12. The maximum absolute atomic E-state index is 12.1. The van der Waals surface area contributed by atoms with E-state index in [4.69, 9.17) is 23.8 Å². The van der Waals surface area contributed by atoms with Crippen molar-refractivity contribution in [3.05, 3.63) is 65.7 Å². The third-order valence-electron chi connectivity index (χ3n) is 3.19. The summed E-state index contributed by atoms with van der Waals surface area (Å²) in [6.07, 6.45) is 0. The van der Waals surface area contributed by atoms with Crippen LogP contribution in [-0.4, -0.2) is 21.1 Å². The van der Waals surface area contributed by atoms with Crippen molar-refractivity contribution in [2.75, 3.05) is 10.6 Å². The third-order valence-corrected chi connectivity index (χ3v) is 3.72. The van der Waals surface area contributed by atoms with Crippen LogP contribution < -0.4 is 10.6 Å². The first-order valence-electron chi connectivity index (χ1n) is 7.10. The SMILES string of the molecule is O=C(Nc1cc(-c2ccccc2)[nH]n1)C(=S)Nc1cccc(Cl)c1. The number of nitrogens with one attached hydrogen (secondary N) is 3. The van der Waals surface area contributed by atoms with E-state index in [0.717, 1.165) is 11.3 Å². The molecule has 0 spiro atoms. The average molecular weight is 357 g/mol. The zero-order valence-corrected chi connectivity index (χ0v) is 14.0. The molecule has 3 aromatic rings. The van der Waals surface area contributed by atoms with Crippen molar-refractivity contribution in [1.29, 1.82) is 0 Å². The molecule has 0 saturated heterocycles. The predicted octanol–water partition coefficient (Wildman–Crippen LogP) is 4.11.